The molecule has 2 unspecified atom stereocenters. The second-order valence-electron chi connectivity index (χ2n) is 11.4. The maximum absolute atomic E-state index is 9.33. The summed E-state index contributed by atoms with van der Waals surface area (Å²) < 4.78 is 60.5. The summed E-state index contributed by atoms with van der Waals surface area (Å²) in [5.41, 5.74) is 5.57. The maximum Gasteiger partial charge on any atom is 0.159 e. The van der Waals surface area contributed by atoms with Crippen LogP contribution in [0.25, 0.3) is 33.1 Å². The molecule has 2 atom stereocenters. The van der Waals surface area contributed by atoms with Crippen LogP contribution in [0.15, 0.2) is 167 Å². The highest BCUT2D eigenvalue weighted by Gasteiger charge is 2.23. The van der Waals surface area contributed by atoms with Gasteiger partial charge in [-0.2, -0.15) is 0 Å². The number of furan rings is 1. The Labute approximate surface area is 267 Å². The summed E-state index contributed by atoms with van der Waals surface area (Å²) >= 11 is 0. The van der Waals surface area contributed by atoms with Crippen molar-refractivity contribution in [3.63, 3.8) is 0 Å². The van der Waals surface area contributed by atoms with Crippen LogP contribution in [0.4, 0.5) is 11.4 Å². The predicted molar refractivity (Wildman–Crippen MR) is 185 cm³/mol. The van der Waals surface area contributed by atoms with Crippen molar-refractivity contribution in [1.29, 1.82) is 0 Å². The Morgan fingerprint density at radius 2 is 1.64 bits per heavy atom. The number of nitrogens with zero attached hydrogens (tertiary/aromatic N) is 1. The van der Waals surface area contributed by atoms with Crippen LogP contribution in [-0.4, -0.2) is 0 Å². The molecule has 5 aromatic rings. The van der Waals surface area contributed by atoms with Crippen LogP contribution in [-0.2, 0) is 0 Å². The fraction of sp³-hybridized carbons (Fsp3) is 0.143. The molecule has 3 aliphatic rings. The lowest BCUT2D eigenvalue weighted by atomic mass is 9.88. The van der Waals surface area contributed by atoms with Gasteiger partial charge in [0.15, 0.2) is 5.58 Å². The van der Waals surface area contributed by atoms with Crippen molar-refractivity contribution in [2.75, 3.05) is 4.90 Å². The van der Waals surface area contributed by atoms with Gasteiger partial charge in [0.05, 0.1) is 13.9 Å². The minimum Gasteiger partial charge on any atom is -0.454 e. The summed E-state index contributed by atoms with van der Waals surface area (Å²) in [6.07, 6.45) is 25.3. The summed E-state index contributed by atoms with van der Waals surface area (Å²) in [4.78, 5) is 1.93. The minimum absolute atomic E-state index is 0.0660. The Kier molecular flexibility index (Phi) is 5.45. The van der Waals surface area contributed by atoms with E-state index >= 15 is 0 Å². The summed E-state index contributed by atoms with van der Waals surface area (Å²) in [5, 5.41) is 0.599. The molecule has 2 heteroatoms. The number of fused-ring (bicyclic) bond motifs is 3. The highest BCUT2D eigenvalue weighted by atomic mass is 16.3. The third-order valence-electron chi connectivity index (χ3n) is 8.74. The van der Waals surface area contributed by atoms with Crippen LogP contribution in [0.5, 0.6) is 0 Å². The number of para-hydroxylation sites is 1. The summed E-state index contributed by atoms with van der Waals surface area (Å²) in [5.74, 6) is 0.482. The largest absolute Gasteiger partial charge is 0.454 e. The molecule has 0 bridgehead atoms. The zero-order valence-electron chi connectivity index (χ0n) is 30.3. The fourth-order valence-electron chi connectivity index (χ4n) is 6.48. The van der Waals surface area contributed by atoms with Crippen LogP contribution < -0.4 is 4.90 Å². The molecule has 44 heavy (non-hydrogen) atoms. The van der Waals surface area contributed by atoms with Crippen LogP contribution in [0, 0.1) is 5.92 Å². The van der Waals surface area contributed by atoms with E-state index in [2.05, 4.69) is 72.9 Å². The highest BCUT2D eigenvalue weighted by molar-refractivity contribution is 6.15. The van der Waals surface area contributed by atoms with Crippen molar-refractivity contribution >= 4 is 33.3 Å². The molecule has 0 radical (unpaired) electrons. The standard InChI is InChI=1S/C42H35NO/c1-4-12-30(13-5-1)32-22-26-35(27-23-32)43(36-28-24-33(25-29-36)31-14-6-2-7-15-31)39-20-10-19-38-41-37(34-16-8-3-9-17-34)18-11-21-40(41)44-42(38)39/h1,3-6,8-12,14-24,26-30,33H,2,7,13,25H2/i10D,11D,18D,19D,20D,21D. The monoisotopic (exact) mass is 575 g/mol. The molecule has 4 aromatic carbocycles. The van der Waals surface area contributed by atoms with E-state index in [1.54, 1.807) is 0 Å². The van der Waals surface area contributed by atoms with Crippen molar-refractivity contribution in [2.24, 2.45) is 5.92 Å². The van der Waals surface area contributed by atoms with E-state index in [-0.39, 0.29) is 70.3 Å². The molecular formula is C42H35NO. The maximum atomic E-state index is 9.33. The molecule has 214 valence electrons. The lowest BCUT2D eigenvalue weighted by Crippen LogP contribution is -2.18. The first-order valence-electron chi connectivity index (χ1n) is 18.3. The lowest BCUT2D eigenvalue weighted by Gasteiger charge is -2.30. The highest BCUT2D eigenvalue weighted by Crippen LogP contribution is 2.44. The first kappa shape index (κ1) is 20.8. The van der Waals surface area contributed by atoms with Gasteiger partial charge in [-0.1, -0.05) is 121 Å². The third-order valence-corrected chi connectivity index (χ3v) is 8.74. The van der Waals surface area contributed by atoms with E-state index in [9.17, 15) is 1.37 Å². The van der Waals surface area contributed by atoms with Crippen LogP contribution >= 0.6 is 0 Å². The normalized spacial score (nSPS) is 21.3. The van der Waals surface area contributed by atoms with Gasteiger partial charge >= 0.3 is 0 Å². The van der Waals surface area contributed by atoms with Crippen molar-refractivity contribution < 1.29 is 12.6 Å². The van der Waals surface area contributed by atoms with E-state index in [1.807, 2.05) is 47.4 Å². The number of allylic oxidation sites excluding steroid dienone is 11. The van der Waals surface area contributed by atoms with Gasteiger partial charge in [-0.25, -0.2) is 0 Å². The van der Waals surface area contributed by atoms with Gasteiger partial charge in [0, 0.05) is 34.0 Å². The fourth-order valence-corrected chi connectivity index (χ4v) is 6.48. The third kappa shape index (κ3) is 4.87. The second-order valence-corrected chi connectivity index (χ2v) is 11.4. The number of hydrogen-bond acceptors (Lipinski definition) is 2. The number of rotatable bonds is 6. The predicted octanol–water partition coefficient (Wildman–Crippen LogP) is 11.7. The van der Waals surface area contributed by atoms with E-state index in [4.69, 9.17) is 11.3 Å². The van der Waals surface area contributed by atoms with E-state index < -0.39 is 0 Å². The summed E-state index contributed by atoms with van der Waals surface area (Å²) in [6.45, 7) is 0. The van der Waals surface area contributed by atoms with Crippen molar-refractivity contribution in [2.45, 2.75) is 31.6 Å². The molecule has 0 saturated carbocycles. The topological polar surface area (TPSA) is 16.4 Å². The molecule has 8 rings (SSSR count). The molecule has 2 nitrogen and oxygen atoms in total. The van der Waals surface area contributed by atoms with Gasteiger partial charge in [-0.3, -0.25) is 0 Å². The average Bonchev–Trinajstić information content (AvgIpc) is 3.56. The Hall–Kier alpha value is -5.08. The van der Waals surface area contributed by atoms with Gasteiger partial charge in [0.2, 0.25) is 0 Å². The molecule has 0 spiro atoms. The van der Waals surface area contributed by atoms with Crippen LogP contribution in [0.1, 0.15) is 45.4 Å². The smallest absolute Gasteiger partial charge is 0.159 e. The first-order valence-corrected chi connectivity index (χ1v) is 15.3. The minimum atomic E-state index is -0.283. The van der Waals surface area contributed by atoms with Crippen molar-refractivity contribution in [3.05, 3.63) is 168 Å². The van der Waals surface area contributed by atoms with Gasteiger partial charge in [-0.05, 0) is 78.2 Å². The lowest BCUT2D eigenvalue weighted by molar-refractivity contribution is 0.668. The Morgan fingerprint density at radius 1 is 0.750 bits per heavy atom. The Bertz CT molecular complexity index is 2340. The molecule has 0 amide bonds. The molecule has 1 aromatic heterocycles. The first-order chi connectivity index (χ1) is 24.3. The van der Waals surface area contributed by atoms with Gasteiger partial charge in [0.1, 0.15) is 5.58 Å². The number of hydrogen-bond donors (Lipinski definition) is 0. The number of anilines is 2. The second kappa shape index (κ2) is 11.5. The summed E-state index contributed by atoms with van der Waals surface area (Å²) in [6, 6.07) is 16.1. The van der Waals surface area contributed by atoms with Crippen LogP contribution in [0.3, 0.4) is 0 Å². The average molecular weight is 576 g/mol. The van der Waals surface area contributed by atoms with Crippen molar-refractivity contribution in [3.8, 4) is 11.1 Å². The summed E-state index contributed by atoms with van der Waals surface area (Å²) in [7, 11) is 0. The molecule has 3 aliphatic carbocycles. The SMILES string of the molecule is [2H]c1c([2H])c(-c2ccccc2)c2c(oc3c(N(C4=CCC(C5=CCCC=C5)C=C4)c4ccc(C5C=CC=CC5)cc4)c([2H])c([2H])c([2H])c32)c1[2H]. The van der Waals surface area contributed by atoms with Crippen molar-refractivity contribution in [1.82, 2.24) is 0 Å². The molecule has 0 fully saturated rings. The number of benzene rings is 4. The molecule has 0 aliphatic heterocycles. The molecule has 0 saturated heterocycles. The quantitative estimate of drug-likeness (QED) is 0.200. The van der Waals surface area contributed by atoms with E-state index in [0.717, 1.165) is 37.1 Å². The van der Waals surface area contributed by atoms with E-state index in [0.29, 0.717) is 16.5 Å². The molecule has 1 heterocycles. The Balaban J connectivity index is 1.38. The molecule has 0 N–H and O–H groups in total. The molecular weight excluding hydrogens is 534 g/mol. The van der Waals surface area contributed by atoms with Gasteiger partial charge in [-0.15, -0.1) is 0 Å². The zero-order valence-corrected chi connectivity index (χ0v) is 24.3. The van der Waals surface area contributed by atoms with Gasteiger partial charge < -0.3 is 9.32 Å². The van der Waals surface area contributed by atoms with E-state index in [1.165, 1.54) is 11.1 Å². The van der Waals surface area contributed by atoms with Crippen LogP contribution in [0.2, 0.25) is 0 Å². The Morgan fingerprint density at radius 3 is 2.41 bits per heavy atom. The van der Waals surface area contributed by atoms with Gasteiger partial charge in [0.25, 0.3) is 0 Å². The zero-order chi connectivity index (χ0) is 34.5.